The molecule has 0 saturated carbocycles. The van der Waals surface area contributed by atoms with Crippen LogP contribution in [0.1, 0.15) is 65.0 Å². The summed E-state index contributed by atoms with van der Waals surface area (Å²) < 4.78 is 14.0. The summed E-state index contributed by atoms with van der Waals surface area (Å²) >= 11 is 0. The predicted molar refractivity (Wildman–Crippen MR) is 259 cm³/mol. The summed E-state index contributed by atoms with van der Waals surface area (Å²) in [6.45, 7) is 16.7. The molecule has 4 aromatic rings. The van der Waals surface area contributed by atoms with Crippen molar-refractivity contribution in [1.29, 1.82) is 0 Å². The van der Waals surface area contributed by atoms with Gasteiger partial charge in [-0.2, -0.15) is 6.04 Å². The maximum absolute atomic E-state index is 14.7. The van der Waals surface area contributed by atoms with Crippen LogP contribution in [0.2, 0.25) is 0 Å². The van der Waals surface area contributed by atoms with E-state index in [9.17, 15) is 29.1 Å². The number of fused-ring (bicyclic) bond motifs is 6. The zero-order chi connectivity index (χ0) is 48.6. The van der Waals surface area contributed by atoms with E-state index in [1.165, 1.54) is 16.0 Å². The Hall–Kier alpha value is -5.34. The molecule has 4 aliphatic rings. The van der Waals surface area contributed by atoms with E-state index in [0.29, 0.717) is 49.9 Å². The van der Waals surface area contributed by atoms with Crippen LogP contribution in [0.5, 0.6) is 5.75 Å². The van der Waals surface area contributed by atoms with Crippen molar-refractivity contribution in [2.24, 2.45) is 17.3 Å². The number of aryl methyl sites for hydroxylation is 1. The number of aromatic nitrogens is 2. The third-order valence-corrected chi connectivity index (χ3v) is 13.9. The molecule has 6 heterocycles. The van der Waals surface area contributed by atoms with Gasteiger partial charge < -0.3 is 49.0 Å². The van der Waals surface area contributed by atoms with Crippen molar-refractivity contribution >= 4 is 46.2 Å². The number of pyridine rings is 1. The number of anilines is 1. The number of hydrogen-bond acceptors (Lipinski definition) is 11. The number of nitrogens with one attached hydrogen (secondary N) is 2. The van der Waals surface area contributed by atoms with Gasteiger partial charge in [-0.1, -0.05) is 52.0 Å². The summed E-state index contributed by atoms with van der Waals surface area (Å²) in [4.78, 5) is 79.6. The van der Waals surface area contributed by atoms with Gasteiger partial charge >= 0.3 is 5.97 Å². The van der Waals surface area contributed by atoms with Crippen LogP contribution in [0, 0.1) is 54.4 Å². The van der Waals surface area contributed by atoms with Crippen molar-refractivity contribution in [1.82, 2.24) is 35.1 Å². The molecule has 69 heavy (non-hydrogen) atoms. The van der Waals surface area contributed by atoms with Crippen LogP contribution in [0.4, 0.5) is 5.69 Å². The van der Waals surface area contributed by atoms with Crippen molar-refractivity contribution in [2.75, 3.05) is 58.4 Å². The van der Waals surface area contributed by atoms with Gasteiger partial charge in [0.1, 0.15) is 23.7 Å². The van der Waals surface area contributed by atoms with Crippen LogP contribution in [-0.4, -0.2) is 131 Å². The van der Waals surface area contributed by atoms with E-state index in [1.54, 1.807) is 31.2 Å². The van der Waals surface area contributed by atoms with E-state index in [-0.39, 0.29) is 92.9 Å². The van der Waals surface area contributed by atoms with Crippen molar-refractivity contribution < 1.29 is 69.7 Å². The molecular formula is C52H65N8O8U-. The standard InChI is InChI=1S/C52H65N8O8.U/c1-9-45(62)57-19-16-34(27-57)49(64)56(7)46(31(3)4)48(63)54-43-22-32-20-35(23-37(61)21-32)33-13-14-44-39(24-33)40(26-52(5,6)30-68-51(66)41-12-11-18-60(55-41)50(43)65)47(59(44)10-2)42-25-36(15-17-53-42)58-28-38(29-58)67-8;/h9,13-15,17,20-21,23-25,31,34,38,41,46,55,61H,1,10-12,16,18-19,22,26-30H2,2-8H3,(H,54,63);/q-1;/t34-,41-,46-;/m0./s1. The maximum Gasteiger partial charge on any atom is 0.324 e. The molecule has 2 aromatic carbocycles. The van der Waals surface area contributed by atoms with Gasteiger partial charge in [-0.25, -0.2) is 5.43 Å². The smallest absolute Gasteiger partial charge is 0.324 e. The fourth-order valence-electron chi connectivity index (χ4n) is 10.3. The Morgan fingerprint density at radius 2 is 1.84 bits per heavy atom. The second-order valence-corrected chi connectivity index (χ2v) is 19.8. The van der Waals surface area contributed by atoms with Gasteiger partial charge in [-0.05, 0) is 97.7 Å². The number of carbonyl (C=O) groups excluding carboxylic acids is 5. The molecule has 366 valence electrons. The van der Waals surface area contributed by atoms with Crippen LogP contribution in [-0.2, 0) is 52.8 Å². The number of cyclic esters (lactones) is 1. The normalized spacial score (nSPS) is 20.2. The average molecular weight is 1170 g/mol. The molecule has 3 N–H and O–H groups in total. The maximum atomic E-state index is 14.7. The summed E-state index contributed by atoms with van der Waals surface area (Å²) in [6.07, 6.45) is 5.09. The SMILES string of the molecule is C=CC(=O)N1CC[C@H](C(=O)N(C)[C@H](C(=O)N[C-]2Cc3cc(O)cc(c3)-c3ccc4c(c3)c(c(-c3cc(N5CC(OC)C5)ccn3)n4CC)CC(C)(C)COC(=O)[C@@H]3CCCN(N3)C2=O)C(C)C)C1.[U]. The van der Waals surface area contributed by atoms with Gasteiger partial charge in [0, 0.05) is 113 Å². The Morgan fingerprint density at radius 1 is 1.07 bits per heavy atom. The average Bonchev–Trinajstić information content (AvgIpc) is 3.92. The largest absolute Gasteiger partial charge is 0.508 e. The minimum Gasteiger partial charge on any atom is -0.508 e. The number of amides is 4. The topological polar surface area (TPSA) is 179 Å². The fraction of sp³-hybridized carbons (Fsp3) is 0.481. The number of ether oxygens (including phenoxy) is 2. The monoisotopic (exact) mass is 1170 g/mol. The summed E-state index contributed by atoms with van der Waals surface area (Å²) in [5.41, 5.74) is 9.58. The first-order valence-corrected chi connectivity index (χ1v) is 23.8. The predicted octanol–water partition coefficient (Wildman–Crippen LogP) is 5.26. The van der Waals surface area contributed by atoms with Crippen molar-refractivity contribution in [3.8, 4) is 28.3 Å². The van der Waals surface area contributed by atoms with Crippen LogP contribution in [0.3, 0.4) is 0 Å². The molecule has 6 bridgehead atoms. The number of hydrazine groups is 1. The minimum absolute atomic E-state index is 0. The first-order chi connectivity index (χ1) is 32.5. The summed E-state index contributed by atoms with van der Waals surface area (Å²) in [7, 11) is 3.31. The van der Waals surface area contributed by atoms with Crippen molar-refractivity contribution in [3.63, 3.8) is 0 Å². The van der Waals surface area contributed by atoms with E-state index >= 15 is 0 Å². The second kappa shape index (κ2) is 21.3. The van der Waals surface area contributed by atoms with E-state index in [4.69, 9.17) is 14.5 Å². The number of esters is 1. The Morgan fingerprint density at radius 3 is 2.55 bits per heavy atom. The third kappa shape index (κ3) is 10.9. The number of aromatic hydroxyl groups is 1. The van der Waals surface area contributed by atoms with E-state index in [1.807, 2.05) is 38.2 Å². The van der Waals surface area contributed by atoms with Gasteiger partial charge in [0.2, 0.25) is 17.7 Å². The van der Waals surface area contributed by atoms with E-state index in [0.717, 1.165) is 52.2 Å². The molecule has 4 aliphatic heterocycles. The van der Waals surface area contributed by atoms with Gasteiger partial charge in [-0.15, -0.1) is 6.42 Å². The van der Waals surface area contributed by atoms with Gasteiger partial charge in [0.25, 0.3) is 0 Å². The zero-order valence-corrected chi connectivity index (χ0v) is 45.0. The molecule has 0 spiro atoms. The molecule has 3 saturated heterocycles. The number of carbonyl (C=O) groups is 5. The number of hydrogen-bond donors (Lipinski definition) is 3. The number of phenols is 1. The van der Waals surface area contributed by atoms with Crippen LogP contribution in [0.15, 0.2) is 67.4 Å². The molecule has 8 rings (SSSR count). The number of benzene rings is 2. The molecule has 16 nitrogen and oxygen atoms in total. The summed E-state index contributed by atoms with van der Waals surface area (Å²) in [6, 6.07) is 13.8. The quantitative estimate of drug-likeness (QED) is 0.107. The Bertz CT molecular complexity index is 2610. The number of rotatable bonds is 10. The molecule has 4 amide bonds. The molecule has 3 atom stereocenters. The van der Waals surface area contributed by atoms with Crippen LogP contribution < -0.4 is 15.6 Å². The van der Waals surface area contributed by atoms with E-state index in [2.05, 4.69) is 65.8 Å². The molecular weight excluding hydrogens is 1100 g/mol. The molecule has 0 radical (unpaired) electrons. The second-order valence-electron chi connectivity index (χ2n) is 19.8. The van der Waals surface area contributed by atoms with Crippen molar-refractivity contribution in [3.05, 3.63) is 84.6 Å². The number of likely N-dealkylation sites (tertiary alicyclic amines) is 1. The Balaban J connectivity index is 0.00000703. The number of methoxy groups -OCH3 is 1. The third-order valence-electron chi connectivity index (χ3n) is 13.9. The summed E-state index contributed by atoms with van der Waals surface area (Å²) in [5, 5.41) is 16.6. The van der Waals surface area contributed by atoms with Gasteiger partial charge in [-0.3, -0.25) is 24.2 Å². The molecule has 0 aliphatic carbocycles. The Kier molecular flexibility index (Phi) is 15.9. The molecule has 0 unspecified atom stereocenters. The number of nitrogens with zero attached hydrogens (tertiary/aromatic N) is 6. The molecule has 3 fully saturated rings. The first kappa shape index (κ1) is 51.5. The van der Waals surface area contributed by atoms with E-state index < -0.39 is 41.2 Å². The molecule has 17 heteroatoms. The van der Waals surface area contributed by atoms with Gasteiger partial charge in [0.05, 0.1) is 30.0 Å². The fourth-order valence-corrected chi connectivity index (χ4v) is 10.3. The number of likely N-dealkylation sites (N-methyl/N-ethyl adjacent to an activating group) is 1. The van der Waals surface area contributed by atoms with Crippen LogP contribution >= 0.6 is 0 Å². The minimum atomic E-state index is -0.974. The first-order valence-electron chi connectivity index (χ1n) is 23.8. The van der Waals surface area contributed by atoms with Gasteiger partial charge in [0.15, 0.2) is 0 Å². The van der Waals surface area contributed by atoms with Crippen LogP contribution in [0.25, 0.3) is 33.4 Å². The Labute approximate surface area is 428 Å². The number of phenolic OH excluding ortho intramolecular Hbond substituents is 1. The summed E-state index contributed by atoms with van der Waals surface area (Å²) in [5.74, 6) is -3.03. The molecule has 2 aromatic heterocycles. The van der Waals surface area contributed by atoms with Crippen molar-refractivity contribution in [2.45, 2.75) is 91.5 Å². The zero-order valence-electron chi connectivity index (χ0n) is 40.8.